The molecule has 0 aromatic heterocycles. The van der Waals surface area contributed by atoms with Crippen LogP contribution in [0.3, 0.4) is 0 Å². The van der Waals surface area contributed by atoms with Crippen molar-refractivity contribution >= 4 is 7.28 Å². The summed E-state index contributed by atoms with van der Waals surface area (Å²) in [6, 6.07) is 11.2. The van der Waals surface area contributed by atoms with Crippen molar-refractivity contribution in [3.8, 4) is 0 Å². The van der Waals surface area contributed by atoms with Crippen LogP contribution in [0.4, 0.5) is 0 Å². The Morgan fingerprint density at radius 1 is 0.875 bits per heavy atom. The van der Waals surface area contributed by atoms with Crippen LogP contribution >= 0.6 is 0 Å². The molecule has 2 aliphatic rings. The molecule has 1 unspecified atom stereocenters. The van der Waals surface area contributed by atoms with Crippen molar-refractivity contribution in [2.75, 3.05) is 0 Å². The summed E-state index contributed by atoms with van der Waals surface area (Å²) in [5.41, 5.74) is 1.56. The summed E-state index contributed by atoms with van der Waals surface area (Å²) in [5, 5.41) is 0. The van der Waals surface area contributed by atoms with Crippen LogP contribution in [-0.4, -0.2) is 7.28 Å². The van der Waals surface area contributed by atoms with Gasteiger partial charge in [0.1, 0.15) is 7.28 Å². The zero-order valence-electron chi connectivity index (χ0n) is 9.94. The van der Waals surface area contributed by atoms with E-state index in [1.807, 2.05) is 0 Å². The quantitative estimate of drug-likeness (QED) is 0.610. The van der Waals surface area contributed by atoms with Crippen LogP contribution in [0.15, 0.2) is 30.3 Å². The maximum absolute atomic E-state index is 2.68. The van der Waals surface area contributed by atoms with E-state index in [1.165, 1.54) is 38.5 Å². The van der Waals surface area contributed by atoms with Crippen LogP contribution in [0.5, 0.6) is 0 Å². The molecular formula is C15H20B. The summed E-state index contributed by atoms with van der Waals surface area (Å²) in [6.07, 6.45) is 8.70. The molecule has 83 valence electrons. The summed E-state index contributed by atoms with van der Waals surface area (Å²) >= 11 is 0. The third-order valence-corrected chi connectivity index (χ3v) is 4.47. The molecule has 1 aromatic carbocycles. The standard InChI is InChI=1S/C15H20B/c1-2-6-12(7-3-1)15-13-8-4-10-14(16-15)11-5-9-13/h1-3,6-7,13-15H,4-5,8-11H2. The zero-order chi connectivity index (χ0) is 10.8. The lowest BCUT2D eigenvalue weighted by atomic mass is 9.50. The predicted molar refractivity (Wildman–Crippen MR) is 69.9 cm³/mol. The van der Waals surface area contributed by atoms with E-state index in [9.17, 15) is 0 Å². The minimum Gasteiger partial charge on any atom is -0.0681 e. The number of rotatable bonds is 1. The van der Waals surface area contributed by atoms with Crippen molar-refractivity contribution in [2.24, 2.45) is 5.92 Å². The first-order valence-corrected chi connectivity index (χ1v) is 6.83. The van der Waals surface area contributed by atoms with Crippen molar-refractivity contribution in [2.45, 2.75) is 50.2 Å². The van der Waals surface area contributed by atoms with Crippen LogP contribution < -0.4 is 0 Å². The monoisotopic (exact) mass is 211 g/mol. The molecule has 0 spiro atoms. The largest absolute Gasteiger partial charge is 0.124 e. The Morgan fingerprint density at radius 2 is 1.56 bits per heavy atom. The van der Waals surface area contributed by atoms with E-state index in [0.29, 0.717) is 0 Å². The molecular weight excluding hydrogens is 191 g/mol. The van der Waals surface area contributed by atoms with Gasteiger partial charge in [-0.1, -0.05) is 80.2 Å². The highest BCUT2D eigenvalue weighted by atomic mass is 14.3. The van der Waals surface area contributed by atoms with E-state index in [1.54, 1.807) is 5.56 Å². The van der Waals surface area contributed by atoms with Gasteiger partial charge < -0.3 is 0 Å². The molecule has 1 atom stereocenters. The van der Waals surface area contributed by atoms with Gasteiger partial charge in [0.2, 0.25) is 0 Å². The second kappa shape index (κ2) is 4.65. The van der Waals surface area contributed by atoms with Gasteiger partial charge in [-0.25, -0.2) is 0 Å². The lowest BCUT2D eigenvalue weighted by molar-refractivity contribution is 0.392. The van der Waals surface area contributed by atoms with Gasteiger partial charge in [0.25, 0.3) is 0 Å². The number of hydrogen-bond donors (Lipinski definition) is 0. The predicted octanol–water partition coefficient (Wildman–Crippen LogP) is 4.20. The van der Waals surface area contributed by atoms with E-state index in [0.717, 1.165) is 17.6 Å². The van der Waals surface area contributed by atoms with Gasteiger partial charge in [-0.15, -0.1) is 0 Å². The normalized spacial score (nSPS) is 33.9. The van der Waals surface area contributed by atoms with Gasteiger partial charge >= 0.3 is 0 Å². The van der Waals surface area contributed by atoms with Gasteiger partial charge in [-0.05, 0) is 11.7 Å². The van der Waals surface area contributed by atoms with Gasteiger partial charge in [-0.2, -0.15) is 0 Å². The first kappa shape index (κ1) is 10.4. The zero-order valence-corrected chi connectivity index (χ0v) is 9.94. The number of benzene rings is 1. The molecule has 2 fully saturated rings. The molecule has 0 N–H and O–H groups in total. The molecule has 1 radical (unpaired) electrons. The molecule has 0 aliphatic carbocycles. The first-order valence-electron chi connectivity index (χ1n) is 6.83. The SMILES string of the molecule is [B]1C2CCCC(CCC2)C1c1ccccc1. The highest BCUT2D eigenvalue weighted by Gasteiger charge is 2.32. The summed E-state index contributed by atoms with van der Waals surface area (Å²) in [7, 11) is 2.68. The minimum atomic E-state index is 0.746. The first-order chi connectivity index (χ1) is 7.93. The van der Waals surface area contributed by atoms with E-state index in [4.69, 9.17) is 0 Å². The van der Waals surface area contributed by atoms with E-state index in [-0.39, 0.29) is 0 Å². The van der Waals surface area contributed by atoms with Crippen LogP contribution in [-0.2, 0) is 0 Å². The summed E-state index contributed by atoms with van der Waals surface area (Å²) < 4.78 is 0. The van der Waals surface area contributed by atoms with Crippen molar-refractivity contribution < 1.29 is 0 Å². The Hall–Kier alpha value is -0.715. The number of hydrogen-bond acceptors (Lipinski definition) is 0. The second-order valence-corrected chi connectivity index (χ2v) is 5.51. The van der Waals surface area contributed by atoms with Crippen LogP contribution in [0.2, 0.25) is 5.82 Å². The highest BCUT2D eigenvalue weighted by molar-refractivity contribution is 6.40. The maximum Gasteiger partial charge on any atom is 0.124 e. The smallest absolute Gasteiger partial charge is 0.0681 e. The van der Waals surface area contributed by atoms with Gasteiger partial charge in [0, 0.05) is 0 Å². The Bertz CT molecular complexity index is 323. The van der Waals surface area contributed by atoms with Crippen molar-refractivity contribution in [3.63, 3.8) is 0 Å². The highest BCUT2D eigenvalue weighted by Crippen LogP contribution is 2.43. The van der Waals surface area contributed by atoms with E-state index in [2.05, 4.69) is 37.6 Å². The van der Waals surface area contributed by atoms with E-state index >= 15 is 0 Å². The lowest BCUT2D eigenvalue weighted by Crippen LogP contribution is -2.17. The topological polar surface area (TPSA) is 0 Å². The summed E-state index contributed by atoms with van der Waals surface area (Å²) in [4.78, 5) is 0. The Morgan fingerprint density at radius 3 is 2.25 bits per heavy atom. The third-order valence-electron chi connectivity index (χ3n) is 4.47. The van der Waals surface area contributed by atoms with Crippen LogP contribution in [0.1, 0.15) is 49.9 Å². The fourth-order valence-electron chi connectivity index (χ4n) is 3.63. The molecule has 2 bridgehead atoms. The fourth-order valence-corrected chi connectivity index (χ4v) is 3.63. The van der Waals surface area contributed by atoms with Gasteiger partial charge in [-0.3, -0.25) is 0 Å². The molecule has 16 heavy (non-hydrogen) atoms. The lowest BCUT2D eigenvalue weighted by Gasteiger charge is -2.24. The fraction of sp³-hybridized carbons (Fsp3) is 0.600. The Kier molecular flexibility index (Phi) is 3.03. The molecule has 2 heterocycles. The molecule has 2 aliphatic heterocycles. The van der Waals surface area contributed by atoms with Crippen molar-refractivity contribution in [3.05, 3.63) is 35.9 Å². The molecule has 1 heteroatoms. The van der Waals surface area contributed by atoms with Crippen LogP contribution in [0, 0.1) is 5.92 Å². The minimum absolute atomic E-state index is 0.746. The van der Waals surface area contributed by atoms with Gasteiger partial charge in [0.05, 0.1) is 0 Å². The second-order valence-electron chi connectivity index (χ2n) is 5.51. The van der Waals surface area contributed by atoms with Crippen molar-refractivity contribution in [1.29, 1.82) is 0 Å². The molecule has 2 saturated heterocycles. The van der Waals surface area contributed by atoms with Crippen LogP contribution in [0.25, 0.3) is 0 Å². The average molecular weight is 211 g/mol. The summed E-state index contributed by atoms with van der Waals surface area (Å²) in [6.45, 7) is 0. The Balaban J connectivity index is 1.88. The molecule has 0 saturated carbocycles. The van der Waals surface area contributed by atoms with Gasteiger partial charge in [0.15, 0.2) is 0 Å². The van der Waals surface area contributed by atoms with Crippen molar-refractivity contribution in [1.82, 2.24) is 0 Å². The Labute approximate surface area is 99.7 Å². The number of fused-ring (bicyclic) bond motifs is 3. The molecule has 3 rings (SSSR count). The molecule has 0 nitrogen and oxygen atoms in total. The van der Waals surface area contributed by atoms with E-state index < -0.39 is 0 Å². The molecule has 1 aromatic rings. The molecule has 0 amide bonds. The third kappa shape index (κ3) is 2.05. The average Bonchev–Trinajstić information content (AvgIpc) is 2.61. The maximum atomic E-state index is 2.68. The summed E-state index contributed by atoms with van der Waals surface area (Å²) in [5.74, 6) is 2.57.